The molecule has 1 aliphatic rings. The van der Waals surface area contributed by atoms with Crippen LogP contribution in [0.2, 0.25) is 5.02 Å². The standard InChI is InChI=1S/C18H20ClN3O3/c1-11-16(17(23)21-8-7-14(9-21)18(24)25)12(2)22(20-11)10-13-5-3-4-6-15(13)19/h3-6,14H,7-10H2,1-2H3,(H,24,25)/t14-/m0/s1. The zero-order chi connectivity index (χ0) is 18.1. The van der Waals surface area contributed by atoms with Crippen LogP contribution in [-0.4, -0.2) is 44.8 Å². The maximum absolute atomic E-state index is 12.8. The quantitative estimate of drug-likeness (QED) is 0.908. The monoisotopic (exact) mass is 361 g/mol. The summed E-state index contributed by atoms with van der Waals surface area (Å²) in [6, 6.07) is 7.53. The first-order chi connectivity index (χ1) is 11.9. The highest BCUT2D eigenvalue weighted by Gasteiger charge is 2.33. The average molecular weight is 362 g/mol. The van der Waals surface area contributed by atoms with Gasteiger partial charge in [-0.3, -0.25) is 14.3 Å². The maximum atomic E-state index is 12.8. The molecule has 2 aromatic rings. The van der Waals surface area contributed by atoms with Crippen molar-refractivity contribution < 1.29 is 14.7 Å². The molecular weight excluding hydrogens is 342 g/mol. The third-order valence-corrected chi connectivity index (χ3v) is 5.07. The molecule has 1 fully saturated rings. The Kier molecular flexibility index (Phi) is 4.81. The number of amides is 1. The van der Waals surface area contributed by atoms with Gasteiger partial charge in [-0.1, -0.05) is 29.8 Å². The van der Waals surface area contributed by atoms with Crippen molar-refractivity contribution in [2.45, 2.75) is 26.8 Å². The highest BCUT2D eigenvalue weighted by molar-refractivity contribution is 6.31. The lowest BCUT2D eigenvalue weighted by Gasteiger charge is -2.16. The molecule has 25 heavy (non-hydrogen) atoms. The van der Waals surface area contributed by atoms with Crippen molar-refractivity contribution >= 4 is 23.5 Å². The second-order valence-corrected chi connectivity index (χ2v) is 6.78. The topological polar surface area (TPSA) is 75.4 Å². The number of rotatable bonds is 4. The fourth-order valence-corrected chi connectivity index (χ4v) is 3.45. The van der Waals surface area contributed by atoms with Crippen molar-refractivity contribution in [2.24, 2.45) is 5.92 Å². The summed E-state index contributed by atoms with van der Waals surface area (Å²) in [6.45, 7) is 4.85. The van der Waals surface area contributed by atoms with Gasteiger partial charge in [0.15, 0.2) is 0 Å². The zero-order valence-corrected chi connectivity index (χ0v) is 15.0. The molecule has 1 N–H and O–H groups in total. The molecule has 7 heteroatoms. The van der Waals surface area contributed by atoms with Crippen LogP contribution in [0.15, 0.2) is 24.3 Å². The van der Waals surface area contributed by atoms with E-state index in [-0.39, 0.29) is 12.5 Å². The maximum Gasteiger partial charge on any atom is 0.308 e. The van der Waals surface area contributed by atoms with Crippen LogP contribution in [-0.2, 0) is 11.3 Å². The number of carboxylic acid groups (broad SMARTS) is 1. The summed E-state index contributed by atoms with van der Waals surface area (Å²) in [6.07, 6.45) is 0.493. The SMILES string of the molecule is Cc1nn(Cc2ccccc2Cl)c(C)c1C(=O)N1CC[C@H](C(=O)O)C1. The molecule has 1 amide bonds. The Bertz CT molecular complexity index is 831. The third-order valence-electron chi connectivity index (χ3n) is 4.70. The predicted octanol–water partition coefficient (Wildman–Crippen LogP) is 2.75. The van der Waals surface area contributed by atoms with Crippen LogP contribution < -0.4 is 0 Å². The van der Waals surface area contributed by atoms with E-state index in [0.717, 1.165) is 11.3 Å². The molecule has 1 aliphatic heterocycles. The minimum atomic E-state index is -0.849. The highest BCUT2D eigenvalue weighted by atomic mass is 35.5. The second-order valence-electron chi connectivity index (χ2n) is 6.37. The van der Waals surface area contributed by atoms with Crippen molar-refractivity contribution in [1.82, 2.24) is 14.7 Å². The summed E-state index contributed by atoms with van der Waals surface area (Å²) < 4.78 is 1.77. The van der Waals surface area contributed by atoms with E-state index < -0.39 is 11.9 Å². The van der Waals surface area contributed by atoms with Crippen molar-refractivity contribution in [1.29, 1.82) is 0 Å². The Balaban J connectivity index is 1.84. The van der Waals surface area contributed by atoms with Gasteiger partial charge >= 0.3 is 5.97 Å². The summed E-state index contributed by atoms with van der Waals surface area (Å²) in [5.74, 6) is -1.48. The molecule has 1 aromatic heterocycles. The lowest BCUT2D eigenvalue weighted by atomic mass is 10.1. The van der Waals surface area contributed by atoms with Crippen molar-refractivity contribution in [3.63, 3.8) is 0 Å². The first-order valence-corrected chi connectivity index (χ1v) is 8.55. The number of likely N-dealkylation sites (tertiary alicyclic amines) is 1. The molecule has 6 nitrogen and oxygen atoms in total. The lowest BCUT2D eigenvalue weighted by Crippen LogP contribution is -2.30. The molecule has 2 heterocycles. The molecule has 0 aliphatic carbocycles. The zero-order valence-electron chi connectivity index (χ0n) is 14.2. The Hall–Kier alpha value is -2.34. The van der Waals surface area contributed by atoms with Gasteiger partial charge in [0.2, 0.25) is 0 Å². The lowest BCUT2D eigenvalue weighted by molar-refractivity contribution is -0.141. The summed E-state index contributed by atoms with van der Waals surface area (Å²) in [4.78, 5) is 25.6. The molecule has 1 aromatic carbocycles. The molecule has 1 saturated heterocycles. The van der Waals surface area contributed by atoms with E-state index >= 15 is 0 Å². The molecule has 0 unspecified atom stereocenters. The van der Waals surface area contributed by atoms with Gasteiger partial charge in [0.1, 0.15) is 0 Å². The van der Waals surface area contributed by atoms with Gasteiger partial charge < -0.3 is 10.0 Å². The average Bonchev–Trinajstić information content (AvgIpc) is 3.15. The Morgan fingerprint density at radius 1 is 1.32 bits per heavy atom. The van der Waals surface area contributed by atoms with Gasteiger partial charge in [0.05, 0.1) is 23.7 Å². The summed E-state index contributed by atoms with van der Waals surface area (Å²) in [7, 11) is 0. The van der Waals surface area contributed by atoms with Crippen LogP contribution in [0.1, 0.15) is 33.7 Å². The van der Waals surface area contributed by atoms with Crippen LogP contribution >= 0.6 is 11.6 Å². The highest BCUT2D eigenvalue weighted by Crippen LogP contribution is 2.23. The van der Waals surface area contributed by atoms with Gasteiger partial charge in [-0.05, 0) is 31.9 Å². The van der Waals surface area contributed by atoms with Crippen LogP contribution in [0, 0.1) is 19.8 Å². The van der Waals surface area contributed by atoms with Crippen molar-refractivity contribution in [2.75, 3.05) is 13.1 Å². The molecule has 0 bridgehead atoms. The Morgan fingerprint density at radius 2 is 2.04 bits per heavy atom. The molecule has 0 spiro atoms. The third kappa shape index (κ3) is 3.39. The van der Waals surface area contributed by atoms with Gasteiger partial charge in [-0.25, -0.2) is 0 Å². The van der Waals surface area contributed by atoms with E-state index in [0.29, 0.717) is 35.8 Å². The van der Waals surface area contributed by atoms with E-state index in [1.165, 1.54) is 0 Å². The smallest absolute Gasteiger partial charge is 0.308 e. The minimum absolute atomic E-state index is 0.149. The van der Waals surface area contributed by atoms with Crippen LogP contribution in [0.25, 0.3) is 0 Å². The second kappa shape index (κ2) is 6.88. The fourth-order valence-electron chi connectivity index (χ4n) is 3.25. The molecule has 132 valence electrons. The number of hydrogen-bond acceptors (Lipinski definition) is 3. The number of halogens is 1. The number of hydrogen-bond donors (Lipinski definition) is 1. The number of aromatic nitrogens is 2. The van der Waals surface area contributed by atoms with Gasteiger partial charge in [0, 0.05) is 23.8 Å². The Labute approximate surface area is 151 Å². The first kappa shape index (κ1) is 17.5. The van der Waals surface area contributed by atoms with Crippen molar-refractivity contribution in [3.8, 4) is 0 Å². The van der Waals surface area contributed by atoms with E-state index in [9.17, 15) is 9.59 Å². The molecule has 1 atom stereocenters. The van der Waals surface area contributed by atoms with Crippen LogP contribution in [0.5, 0.6) is 0 Å². The number of aryl methyl sites for hydroxylation is 1. The normalized spacial score (nSPS) is 17.1. The largest absolute Gasteiger partial charge is 0.481 e. The number of benzene rings is 1. The minimum Gasteiger partial charge on any atom is -0.481 e. The number of carbonyl (C=O) groups is 2. The molecular formula is C18H20ClN3O3. The van der Waals surface area contributed by atoms with Crippen molar-refractivity contribution in [3.05, 3.63) is 51.8 Å². The molecule has 0 radical (unpaired) electrons. The summed E-state index contributed by atoms with van der Waals surface area (Å²) >= 11 is 6.21. The van der Waals surface area contributed by atoms with Crippen LogP contribution in [0.3, 0.4) is 0 Å². The van der Waals surface area contributed by atoms with Gasteiger partial charge in [0.25, 0.3) is 5.91 Å². The van der Waals surface area contributed by atoms with E-state index in [4.69, 9.17) is 16.7 Å². The van der Waals surface area contributed by atoms with E-state index in [1.54, 1.807) is 16.5 Å². The molecule has 0 saturated carbocycles. The number of nitrogens with zero attached hydrogens (tertiary/aromatic N) is 3. The van der Waals surface area contributed by atoms with Gasteiger partial charge in [-0.2, -0.15) is 5.10 Å². The number of carbonyl (C=O) groups excluding carboxylic acids is 1. The van der Waals surface area contributed by atoms with E-state index in [1.807, 2.05) is 31.2 Å². The summed E-state index contributed by atoms with van der Waals surface area (Å²) in [5, 5.41) is 14.3. The predicted molar refractivity (Wildman–Crippen MR) is 93.9 cm³/mol. The first-order valence-electron chi connectivity index (χ1n) is 8.18. The summed E-state index contributed by atoms with van der Waals surface area (Å²) in [5.41, 5.74) is 2.90. The van der Waals surface area contributed by atoms with Crippen LogP contribution in [0.4, 0.5) is 0 Å². The number of carboxylic acids is 1. The Morgan fingerprint density at radius 3 is 2.68 bits per heavy atom. The van der Waals surface area contributed by atoms with E-state index in [2.05, 4.69) is 5.10 Å². The number of aliphatic carboxylic acids is 1. The fraction of sp³-hybridized carbons (Fsp3) is 0.389. The molecule has 3 rings (SSSR count). The van der Waals surface area contributed by atoms with Gasteiger partial charge in [-0.15, -0.1) is 0 Å².